The van der Waals surface area contributed by atoms with Crippen LogP contribution < -0.4 is 14.2 Å². The van der Waals surface area contributed by atoms with Crippen LogP contribution in [0.15, 0.2) is 29.4 Å². The van der Waals surface area contributed by atoms with E-state index in [4.69, 9.17) is 14.2 Å². The summed E-state index contributed by atoms with van der Waals surface area (Å²) in [5.74, 6) is 3.80. The number of aliphatic hydroxyl groups excluding tert-OH is 1. The van der Waals surface area contributed by atoms with Gasteiger partial charge in [-0.05, 0) is 97.5 Å². The molecule has 1 aromatic rings. The van der Waals surface area contributed by atoms with E-state index in [-0.39, 0.29) is 23.7 Å². The minimum absolute atomic E-state index is 0.184. The highest BCUT2D eigenvalue weighted by Crippen LogP contribution is 2.64. The fourth-order valence-corrected chi connectivity index (χ4v) is 7.88. The second-order valence-electron chi connectivity index (χ2n) is 11.3. The van der Waals surface area contributed by atoms with Crippen LogP contribution in [-0.2, 0) is 4.79 Å². The zero-order valence-corrected chi connectivity index (χ0v) is 19.9. The van der Waals surface area contributed by atoms with Crippen molar-refractivity contribution in [2.24, 2.45) is 28.6 Å². The molecule has 5 heteroatoms. The van der Waals surface area contributed by atoms with E-state index in [1.807, 2.05) is 18.2 Å². The first-order chi connectivity index (χ1) is 15.8. The van der Waals surface area contributed by atoms with Gasteiger partial charge in [0.05, 0.1) is 13.2 Å². The van der Waals surface area contributed by atoms with Gasteiger partial charge in [-0.1, -0.05) is 25.5 Å². The van der Waals surface area contributed by atoms with E-state index >= 15 is 0 Å². The smallest absolute Gasteiger partial charge is 0.231 e. The number of allylic oxidation sites excluding steroid dienone is 2. The molecule has 6 unspecified atom stereocenters. The summed E-state index contributed by atoms with van der Waals surface area (Å²) in [5.41, 5.74) is 3.24. The maximum Gasteiger partial charge on any atom is 0.231 e. The van der Waals surface area contributed by atoms with Gasteiger partial charge in [-0.25, -0.2) is 0 Å². The monoisotopic (exact) mass is 450 g/mol. The lowest BCUT2D eigenvalue weighted by atomic mass is 9.48. The van der Waals surface area contributed by atoms with Gasteiger partial charge in [0.2, 0.25) is 12.5 Å². The molecule has 4 aliphatic carbocycles. The van der Waals surface area contributed by atoms with Gasteiger partial charge in [0.25, 0.3) is 0 Å². The molecule has 3 fully saturated rings. The molecule has 1 heterocycles. The lowest BCUT2D eigenvalue weighted by Gasteiger charge is -2.56. The van der Waals surface area contributed by atoms with E-state index in [0.29, 0.717) is 40.8 Å². The molecule has 0 aromatic heterocycles. The average molecular weight is 451 g/mol. The molecule has 5 nitrogen and oxygen atoms in total. The van der Waals surface area contributed by atoms with Gasteiger partial charge in [-0.2, -0.15) is 0 Å². The third-order valence-electron chi connectivity index (χ3n) is 9.74. The largest absolute Gasteiger partial charge is 0.493 e. The maximum atomic E-state index is 13.7. The van der Waals surface area contributed by atoms with Crippen LogP contribution in [0.2, 0.25) is 0 Å². The van der Waals surface area contributed by atoms with Crippen molar-refractivity contribution in [2.75, 3.05) is 13.9 Å². The summed E-state index contributed by atoms with van der Waals surface area (Å²) < 4.78 is 16.6. The zero-order chi connectivity index (χ0) is 23.0. The Labute approximate surface area is 195 Å². The summed E-state index contributed by atoms with van der Waals surface area (Å²) in [6, 6.07) is 3.88. The van der Waals surface area contributed by atoms with Crippen molar-refractivity contribution in [3.63, 3.8) is 0 Å². The fraction of sp³-hybridized carbons (Fsp3) is 0.607. The molecule has 1 N–H and O–H groups in total. The summed E-state index contributed by atoms with van der Waals surface area (Å²) >= 11 is 0. The highest BCUT2D eigenvalue weighted by molar-refractivity contribution is 6.06. The topological polar surface area (TPSA) is 65.0 Å². The lowest BCUT2D eigenvalue weighted by molar-refractivity contribution is -0.130. The fourth-order valence-electron chi connectivity index (χ4n) is 7.88. The Balaban J connectivity index is 1.33. The Morgan fingerprint density at radius 3 is 2.73 bits per heavy atom. The van der Waals surface area contributed by atoms with Gasteiger partial charge in [-0.15, -0.1) is 0 Å². The third kappa shape index (κ3) is 3.04. The van der Waals surface area contributed by atoms with E-state index in [9.17, 15) is 9.90 Å². The number of carbonyl (C=O) groups is 1. The highest BCUT2D eigenvalue weighted by atomic mass is 16.7. The molecule has 3 saturated carbocycles. The van der Waals surface area contributed by atoms with E-state index in [0.717, 1.165) is 56.1 Å². The number of ketones is 1. The van der Waals surface area contributed by atoms with Gasteiger partial charge in [0.15, 0.2) is 17.3 Å². The highest BCUT2D eigenvalue weighted by Gasteiger charge is 2.59. The first kappa shape index (κ1) is 21.3. The minimum Gasteiger partial charge on any atom is -0.493 e. The summed E-state index contributed by atoms with van der Waals surface area (Å²) in [7, 11) is 1.63. The maximum absolute atomic E-state index is 13.7. The second kappa shape index (κ2) is 7.36. The van der Waals surface area contributed by atoms with Crippen molar-refractivity contribution in [3.8, 4) is 17.2 Å². The van der Waals surface area contributed by atoms with Crippen LogP contribution in [-0.4, -0.2) is 30.9 Å². The van der Waals surface area contributed by atoms with Gasteiger partial charge < -0.3 is 19.3 Å². The van der Waals surface area contributed by atoms with Crippen LogP contribution in [0.3, 0.4) is 0 Å². The molecule has 176 valence electrons. The number of aliphatic hydroxyl groups is 1. The number of fused-ring (bicyclic) bond motifs is 6. The van der Waals surface area contributed by atoms with Crippen molar-refractivity contribution in [3.05, 3.63) is 34.9 Å². The van der Waals surface area contributed by atoms with Crippen LogP contribution >= 0.6 is 0 Å². The molecule has 0 bridgehead atoms. The normalized spacial score (nSPS) is 40.2. The van der Waals surface area contributed by atoms with Crippen LogP contribution in [0.25, 0.3) is 6.08 Å². The zero-order valence-electron chi connectivity index (χ0n) is 19.9. The van der Waals surface area contributed by atoms with Crippen molar-refractivity contribution in [1.29, 1.82) is 0 Å². The number of hydrogen-bond donors (Lipinski definition) is 1. The molecule has 0 amide bonds. The van der Waals surface area contributed by atoms with Crippen molar-refractivity contribution in [1.82, 2.24) is 0 Å². The molecule has 1 aliphatic heterocycles. The molecule has 0 spiro atoms. The second-order valence-corrected chi connectivity index (χ2v) is 11.3. The van der Waals surface area contributed by atoms with Crippen molar-refractivity contribution >= 4 is 11.9 Å². The molecular formula is C28H34O5. The van der Waals surface area contributed by atoms with Crippen LogP contribution in [0.1, 0.15) is 64.4 Å². The van der Waals surface area contributed by atoms with E-state index in [1.165, 1.54) is 5.57 Å². The first-order valence-electron chi connectivity index (χ1n) is 12.4. The molecule has 6 atom stereocenters. The lowest BCUT2D eigenvalue weighted by Crippen LogP contribution is -2.50. The summed E-state index contributed by atoms with van der Waals surface area (Å²) in [4.78, 5) is 13.7. The Morgan fingerprint density at radius 2 is 1.91 bits per heavy atom. The van der Waals surface area contributed by atoms with Gasteiger partial charge in [0, 0.05) is 5.41 Å². The van der Waals surface area contributed by atoms with Crippen LogP contribution in [0.4, 0.5) is 0 Å². The first-order valence-corrected chi connectivity index (χ1v) is 12.4. The molecule has 33 heavy (non-hydrogen) atoms. The SMILES string of the molecule is COc1cc(C=C2CC3C4CC=C5CC(O)CCC5(C)C4CCC3(C)C2=O)cc2c1OCO2. The quantitative estimate of drug-likeness (QED) is 0.489. The Kier molecular flexibility index (Phi) is 4.75. The predicted molar refractivity (Wildman–Crippen MR) is 125 cm³/mol. The molecule has 5 aliphatic rings. The number of methoxy groups -OCH3 is 1. The van der Waals surface area contributed by atoms with E-state index in [2.05, 4.69) is 19.9 Å². The average Bonchev–Trinajstić information content (AvgIpc) is 3.37. The molecule has 6 rings (SSSR count). The van der Waals surface area contributed by atoms with Gasteiger partial charge >= 0.3 is 0 Å². The molecular weight excluding hydrogens is 416 g/mol. The minimum atomic E-state index is -0.274. The number of ether oxygens (including phenoxy) is 3. The van der Waals surface area contributed by atoms with Crippen LogP contribution in [0.5, 0.6) is 17.2 Å². The van der Waals surface area contributed by atoms with E-state index < -0.39 is 0 Å². The number of rotatable bonds is 2. The number of hydrogen-bond acceptors (Lipinski definition) is 5. The Hall–Kier alpha value is -2.27. The van der Waals surface area contributed by atoms with Crippen LogP contribution in [0, 0.1) is 28.6 Å². The number of carbonyl (C=O) groups excluding carboxylic acids is 1. The summed E-state index contributed by atoms with van der Waals surface area (Å²) in [6.07, 6.45) is 11.0. The van der Waals surface area contributed by atoms with Crippen molar-refractivity contribution < 1.29 is 24.1 Å². The Bertz CT molecular complexity index is 1070. The predicted octanol–water partition coefficient (Wildman–Crippen LogP) is 5.31. The third-order valence-corrected chi connectivity index (χ3v) is 9.74. The van der Waals surface area contributed by atoms with E-state index in [1.54, 1.807) is 7.11 Å². The summed E-state index contributed by atoms with van der Waals surface area (Å²) in [6.45, 7) is 4.83. The standard InChI is InChI=1S/C28H34O5/c1-27-8-6-19(29)14-18(27)4-5-20-21(27)7-9-28(2)22(20)13-17(26(28)30)10-16-11-23(31-3)25-24(12-16)32-15-33-25/h4,10-12,19-22,29H,5-9,13-15H2,1-3H3. The van der Waals surface area contributed by atoms with Gasteiger partial charge in [0.1, 0.15) is 0 Å². The number of benzene rings is 1. The molecule has 0 radical (unpaired) electrons. The number of Topliss-reactive ketones (excluding diaryl/α,β-unsaturated/α-hetero) is 1. The van der Waals surface area contributed by atoms with Gasteiger partial charge in [-0.3, -0.25) is 4.79 Å². The molecule has 1 aromatic carbocycles. The Morgan fingerprint density at radius 1 is 1.09 bits per heavy atom. The van der Waals surface area contributed by atoms with Crippen molar-refractivity contribution in [2.45, 2.75) is 64.9 Å². The summed E-state index contributed by atoms with van der Waals surface area (Å²) in [5, 5.41) is 10.2. The molecule has 0 saturated heterocycles.